The van der Waals surface area contributed by atoms with E-state index in [9.17, 15) is 19.8 Å². The average molecular weight is 430 g/mol. The van der Waals surface area contributed by atoms with E-state index in [0.717, 1.165) is 5.56 Å². The molecule has 29 heavy (non-hydrogen) atoms. The number of aromatic amines is 1. The van der Waals surface area contributed by atoms with E-state index in [0.29, 0.717) is 27.1 Å². The highest BCUT2D eigenvalue weighted by molar-refractivity contribution is 7.98. The Balaban J connectivity index is 1.65. The number of rotatable bonds is 4. The van der Waals surface area contributed by atoms with E-state index < -0.39 is 5.92 Å². The number of H-pyrrole nitrogens is 1. The third-order valence-electron chi connectivity index (χ3n) is 4.62. The molecule has 2 aromatic carbocycles. The first-order chi connectivity index (χ1) is 13.9. The minimum absolute atomic E-state index is 0.0409. The number of aromatic hydroxyl groups is 2. The molecule has 0 aliphatic carbocycles. The molecule has 0 fully saturated rings. The van der Waals surface area contributed by atoms with Crippen LogP contribution in [0, 0.1) is 0 Å². The van der Waals surface area contributed by atoms with Gasteiger partial charge in [-0.05, 0) is 35.4 Å². The van der Waals surface area contributed by atoms with Crippen LogP contribution in [-0.2, 0) is 10.5 Å². The van der Waals surface area contributed by atoms with Gasteiger partial charge in [-0.1, -0.05) is 41.6 Å². The summed E-state index contributed by atoms with van der Waals surface area (Å²) in [6.07, 6.45) is 0.0409. The normalized spacial score (nSPS) is 15.6. The van der Waals surface area contributed by atoms with Crippen molar-refractivity contribution in [2.24, 2.45) is 0 Å². The van der Waals surface area contributed by atoms with Crippen LogP contribution in [0.5, 0.6) is 11.5 Å². The highest BCUT2D eigenvalue weighted by Gasteiger charge is 2.31. The number of halogens is 1. The van der Waals surface area contributed by atoms with E-state index in [4.69, 9.17) is 11.6 Å². The van der Waals surface area contributed by atoms with Gasteiger partial charge in [-0.15, -0.1) is 0 Å². The number of nitrogens with zero attached hydrogens (tertiary/aromatic N) is 1. The second-order valence-corrected chi connectivity index (χ2v) is 8.00. The van der Waals surface area contributed by atoms with Gasteiger partial charge in [0.1, 0.15) is 5.82 Å². The summed E-state index contributed by atoms with van der Waals surface area (Å²) in [6.45, 7) is 0. The van der Waals surface area contributed by atoms with E-state index >= 15 is 0 Å². The molecule has 0 saturated carbocycles. The first kappa shape index (κ1) is 19.4. The van der Waals surface area contributed by atoms with Crippen molar-refractivity contribution in [3.63, 3.8) is 0 Å². The zero-order chi connectivity index (χ0) is 20.5. The van der Waals surface area contributed by atoms with Crippen molar-refractivity contribution in [1.82, 2.24) is 9.97 Å². The first-order valence-electron chi connectivity index (χ1n) is 8.74. The van der Waals surface area contributed by atoms with Crippen LogP contribution < -0.4 is 10.9 Å². The van der Waals surface area contributed by atoms with Crippen LogP contribution >= 0.6 is 23.4 Å². The van der Waals surface area contributed by atoms with Gasteiger partial charge < -0.3 is 20.5 Å². The molecule has 7 nitrogen and oxygen atoms in total. The average Bonchev–Trinajstić information content (AvgIpc) is 2.68. The van der Waals surface area contributed by atoms with Crippen molar-refractivity contribution >= 4 is 35.1 Å². The predicted octanol–water partition coefficient (Wildman–Crippen LogP) is 3.60. The highest BCUT2D eigenvalue weighted by atomic mass is 35.5. The van der Waals surface area contributed by atoms with Crippen molar-refractivity contribution in [3.05, 3.63) is 74.5 Å². The lowest BCUT2D eigenvalue weighted by molar-refractivity contribution is -0.116. The van der Waals surface area contributed by atoms with Crippen LogP contribution in [0.1, 0.15) is 29.0 Å². The number of aromatic nitrogens is 2. The summed E-state index contributed by atoms with van der Waals surface area (Å²) in [5.74, 6) is -0.646. The Kier molecular flexibility index (Phi) is 5.21. The maximum absolute atomic E-state index is 12.8. The number of phenols is 2. The molecule has 0 bridgehead atoms. The zero-order valence-corrected chi connectivity index (χ0v) is 16.5. The molecule has 1 aromatic heterocycles. The highest BCUT2D eigenvalue weighted by Crippen LogP contribution is 2.37. The van der Waals surface area contributed by atoms with Gasteiger partial charge in [0.2, 0.25) is 5.91 Å². The molecule has 1 aliphatic heterocycles. The molecule has 1 aliphatic rings. The van der Waals surface area contributed by atoms with Crippen LogP contribution in [0.4, 0.5) is 5.82 Å². The molecule has 9 heteroatoms. The van der Waals surface area contributed by atoms with Crippen molar-refractivity contribution < 1.29 is 15.0 Å². The smallest absolute Gasteiger partial charge is 0.257 e. The molecule has 4 N–H and O–H groups in total. The second kappa shape index (κ2) is 7.81. The Morgan fingerprint density at radius 2 is 1.86 bits per heavy atom. The number of amides is 1. The Hall–Kier alpha value is -2.97. The number of anilines is 1. The number of benzene rings is 2. The summed E-state index contributed by atoms with van der Waals surface area (Å²) in [6, 6.07) is 11.6. The molecule has 1 amide bonds. The van der Waals surface area contributed by atoms with E-state index in [1.54, 1.807) is 18.2 Å². The van der Waals surface area contributed by atoms with E-state index in [2.05, 4.69) is 15.3 Å². The summed E-state index contributed by atoms with van der Waals surface area (Å²) >= 11 is 7.22. The van der Waals surface area contributed by atoms with Gasteiger partial charge in [0.05, 0.1) is 5.56 Å². The molecule has 3 aromatic rings. The lowest BCUT2D eigenvalue weighted by Gasteiger charge is -2.24. The van der Waals surface area contributed by atoms with Gasteiger partial charge in [0, 0.05) is 23.1 Å². The summed E-state index contributed by atoms with van der Waals surface area (Å²) < 4.78 is 0. The van der Waals surface area contributed by atoms with Crippen LogP contribution in [-0.4, -0.2) is 26.1 Å². The van der Waals surface area contributed by atoms with E-state index in [1.807, 2.05) is 12.1 Å². The molecule has 0 saturated heterocycles. The monoisotopic (exact) mass is 429 g/mol. The molecule has 0 unspecified atom stereocenters. The van der Waals surface area contributed by atoms with Crippen LogP contribution in [0.15, 0.2) is 52.4 Å². The summed E-state index contributed by atoms with van der Waals surface area (Å²) in [7, 11) is 0. The number of nitrogens with one attached hydrogen (secondary N) is 2. The number of hydrogen-bond acceptors (Lipinski definition) is 6. The van der Waals surface area contributed by atoms with Crippen LogP contribution in [0.2, 0.25) is 5.02 Å². The first-order valence-corrected chi connectivity index (χ1v) is 10.1. The number of thioether (sulfide) groups is 1. The van der Waals surface area contributed by atoms with E-state index in [1.165, 1.54) is 23.9 Å². The van der Waals surface area contributed by atoms with Crippen molar-refractivity contribution in [2.75, 3.05) is 5.32 Å². The fourth-order valence-electron chi connectivity index (χ4n) is 3.19. The van der Waals surface area contributed by atoms with Crippen LogP contribution in [0.25, 0.3) is 0 Å². The lowest BCUT2D eigenvalue weighted by Crippen LogP contribution is -2.31. The fourth-order valence-corrected chi connectivity index (χ4v) is 4.14. The van der Waals surface area contributed by atoms with E-state index in [-0.39, 0.29) is 35.2 Å². The summed E-state index contributed by atoms with van der Waals surface area (Å²) in [5, 5.41) is 23.0. The van der Waals surface area contributed by atoms with Gasteiger partial charge in [0.25, 0.3) is 5.56 Å². The van der Waals surface area contributed by atoms with Crippen molar-refractivity contribution in [2.45, 2.75) is 23.2 Å². The largest absolute Gasteiger partial charge is 0.504 e. The molecule has 0 radical (unpaired) electrons. The van der Waals surface area contributed by atoms with Crippen molar-refractivity contribution in [3.8, 4) is 11.5 Å². The third kappa shape index (κ3) is 4.08. The Labute approximate surface area is 174 Å². The van der Waals surface area contributed by atoms with Gasteiger partial charge in [-0.25, -0.2) is 4.98 Å². The van der Waals surface area contributed by atoms with Crippen molar-refractivity contribution in [1.29, 1.82) is 0 Å². The minimum Gasteiger partial charge on any atom is -0.504 e. The summed E-state index contributed by atoms with van der Waals surface area (Å²) in [5.41, 5.74) is 1.53. The Morgan fingerprint density at radius 1 is 1.10 bits per heavy atom. The van der Waals surface area contributed by atoms with Gasteiger partial charge >= 0.3 is 0 Å². The molecule has 4 rings (SSSR count). The molecular formula is C20H16ClN3O4S. The Morgan fingerprint density at radius 3 is 2.59 bits per heavy atom. The molecule has 0 spiro atoms. The molecule has 148 valence electrons. The number of fused-ring (bicyclic) bond motifs is 1. The Bertz CT molecular complexity index is 1150. The maximum Gasteiger partial charge on any atom is 0.257 e. The standard InChI is InChI=1S/C20H16ClN3O4S/c21-12-4-1-10(2-5-12)9-29-20-23-18-17(19(28)24-20)13(8-16(27)22-18)11-3-6-14(25)15(26)7-11/h1-7,13,25-26H,8-9H2,(H2,22,23,24,27,28)/t13-/m0/s1. The van der Waals surface area contributed by atoms with Gasteiger partial charge in [-0.3, -0.25) is 9.59 Å². The number of carbonyl (C=O) groups is 1. The van der Waals surface area contributed by atoms with Crippen LogP contribution in [0.3, 0.4) is 0 Å². The lowest BCUT2D eigenvalue weighted by atomic mass is 9.86. The number of carbonyl (C=O) groups excluding carboxylic acids is 1. The quantitative estimate of drug-likeness (QED) is 0.286. The zero-order valence-electron chi connectivity index (χ0n) is 15.0. The van der Waals surface area contributed by atoms with Gasteiger partial charge in [0.15, 0.2) is 16.7 Å². The number of phenolic OH excluding ortho intramolecular Hbond substituents is 2. The fraction of sp³-hybridized carbons (Fsp3) is 0.150. The maximum atomic E-state index is 12.8. The molecule has 1 atom stereocenters. The predicted molar refractivity (Wildman–Crippen MR) is 111 cm³/mol. The topological polar surface area (TPSA) is 115 Å². The second-order valence-electron chi connectivity index (χ2n) is 6.60. The number of hydrogen-bond donors (Lipinski definition) is 4. The summed E-state index contributed by atoms with van der Waals surface area (Å²) in [4.78, 5) is 32.2. The van der Waals surface area contributed by atoms with Gasteiger partial charge in [-0.2, -0.15) is 0 Å². The minimum atomic E-state index is -0.572. The molecule has 2 heterocycles. The third-order valence-corrected chi connectivity index (χ3v) is 5.82. The molecular weight excluding hydrogens is 414 g/mol. The SMILES string of the molecule is O=C1C[C@@H](c2ccc(O)c(O)c2)c2c(nc(SCc3ccc(Cl)cc3)[nH]c2=O)N1.